The van der Waals surface area contributed by atoms with Crippen LogP contribution >= 0.6 is 11.6 Å². The van der Waals surface area contributed by atoms with Crippen molar-refractivity contribution in [1.29, 1.82) is 0 Å². The molecule has 1 saturated heterocycles. The summed E-state index contributed by atoms with van der Waals surface area (Å²) in [6, 6.07) is 15.4. The van der Waals surface area contributed by atoms with Gasteiger partial charge >= 0.3 is 11.8 Å². The van der Waals surface area contributed by atoms with E-state index >= 15 is 0 Å². The van der Waals surface area contributed by atoms with Crippen molar-refractivity contribution in [2.24, 2.45) is 0 Å². The van der Waals surface area contributed by atoms with Crippen molar-refractivity contribution < 1.29 is 14.3 Å². The smallest absolute Gasteiger partial charge is 0.309 e. The summed E-state index contributed by atoms with van der Waals surface area (Å²) in [5, 5.41) is 6.05. The zero-order valence-electron chi connectivity index (χ0n) is 16.5. The third-order valence-electron chi connectivity index (χ3n) is 4.98. The molecule has 1 unspecified atom stereocenters. The second kappa shape index (κ2) is 10.4. The van der Waals surface area contributed by atoms with Gasteiger partial charge in [-0.25, -0.2) is 0 Å². The highest BCUT2D eigenvalue weighted by Gasteiger charge is 2.24. The van der Waals surface area contributed by atoms with Crippen molar-refractivity contribution in [2.45, 2.75) is 19.5 Å². The Bertz CT molecular complexity index is 818. The minimum absolute atomic E-state index is 0.00693. The van der Waals surface area contributed by atoms with Crippen LogP contribution in [0.1, 0.15) is 22.7 Å². The molecule has 0 aromatic heterocycles. The predicted octanol–water partition coefficient (Wildman–Crippen LogP) is 2.45. The molecular weight excluding hydrogens is 390 g/mol. The summed E-state index contributed by atoms with van der Waals surface area (Å²) < 4.78 is 5.45. The number of hydrogen-bond donors (Lipinski definition) is 2. The van der Waals surface area contributed by atoms with E-state index in [9.17, 15) is 9.59 Å². The lowest BCUT2D eigenvalue weighted by atomic mass is 10.0. The van der Waals surface area contributed by atoms with Crippen LogP contribution in [0.3, 0.4) is 0 Å². The van der Waals surface area contributed by atoms with Crippen LogP contribution in [0.2, 0.25) is 5.02 Å². The molecule has 2 amide bonds. The first-order valence-corrected chi connectivity index (χ1v) is 10.1. The number of halogens is 1. The molecular formula is C22H26ClN3O3. The Balaban J connectivity index is 1.57. The van der Waals surface area contributed by atoms with Gasteiger partial charge in [-0.3, -0.25) is 14.5 Å². The zero-order valence-corrected chi connectivity index (χ0v) is 17.2. The molecule has 1 fully saturated rings. The first-order valence-electron chi connectivity index (χ1n) is 9.72. The van der Waals surface area contributed by atoms with Gasteiger partial charge in [0.05, 0.1) is 19.3 Å². The van der Waals surface area contributed by atoms with Crippen LogP contribution in [0.15, 0.2) is 48.5 Å². The van der Waals surface area contributed by atoms with Gasteiger partial charge in [0, 0.05) is 31.2 Å². The fourth-order valence-electron chi connectivity index (χ4n) is 3.27. The third-order valence-corrected chi connectivity index (χ3v) is 5.23. The third kappa shape index (κ3) is 6.29. The van der Waals surface area contributed by atoms with Gasteiger partial charge in [-0.2, -0.15) is 0 Å². The molecule has 0 aliphatic carbocycles. The van der Waals surface area contributed by atoms with Crippen molar-refractivity contribution in [2.75, 3.05) is 32.8 Å². The fourth-order valence-corrected chi connectivity index (χ4v) is 3.40. The highest BCUT2D eigenvalue weighted by atomic mass is 35.5. The molecule has 6 nitrogen and oxygen atoms in total. The Morgan fingerprint density at radius 3 is 2.28 bits per heavy atom. The van der Waals surface area contributed by atoms with Crippen molar-refractivity contribution in [3.8, 4) is 0 Å². The number of nitrogens with zero attached hydrogens (tertiary/aromatic N) is 1. The van der Waals surface area contributed by atoms with Gasteiger partial charge in [-0.05, 0) is 30.2 Å². The maximum Gasteiger partial charge on any atom is 0.309 e. The largest absolute Gasteiger partial charge is 0.379 e. The lowest BCUT2D eigenvalue weighted by molar-refractivity contribution is -0.139. The molecule has 1 aliphatic heterocycles. The molecule has 1 aliphatic rings. The van der Waals surface area contributed by atoms with E-state index in [1.165, 1.54) is 5.56 Å². The second-order valence-corrected chi connectivity index (χ2v) is 7.53. The fraction of sp³-hybridized carbons (Fsp3) is 0.364. The van der Waals surface area contributed by atoms with Crippen LogP contribution in [0, 0.1) is 6.92 Å². The monoisotopic (exact) mass is 415 g/mol. The number of rotatable bonds is 6. The van der Waals surface area contributed by atoms with Crippen LogP contribution in [-0.2, 0) is 20.9 Å². The number of morpholine rings is 1. The highest BCUT2D eigenvalue weighted by molar-refractivity contribution is 6.35. The van der Waals surface area contributed by atoms with E-state index < -0.39 is 11.8 Å². The number of nitrogens with one attached hydrogen (secondary N) is 2. The summed E-state index contributed by atoms with van der Waals surface area (Å²) in [5.41, 5.74) is 3.17. The maximum atomic E-state index is 12.3. The van der Waals surface area contributed by atoms with Gasteiger partial charge in [-0.15, -0.1) is 0 Å². The maximum absolute atomic E-state index is 12.3. The molecule has 29 heavy (non-hydrogen) atoms. The first-order chi connectivity index (χ1) is 14.0. The van der Waals surface area contributed by atoms with E-state index in [-0.39, 0.29) is 12.6 Å². The van der Waals surface area contributed by atoms with E-state index in [0.717, 1.165) is 24.2 Å². The Hall–Kier alpha value is -2.41. The van der Waals surface area contributed by atoms with E-state index in [4.69, 9.17) is 16.3 Å². The topological polar surface area (TPSA) is 70.7 Å². The summed E-state index contributed by atoms with van der Waals surface area (Å²) in [6.45, 7) is 5.58. The Morgan fingerprint density at radius 2 is 1.62 bits per heavy atom. The summed E-state index contributed by atoms with van der Waals surface area (Å²) in [5.74, 6) is -1.28. The van der Waals surface area contributed by atoms with Gasteiger partial charge in [0.25, 0.3) is 0 Å². The van der Waals surface area contributed by atoms with Crippen LogP contribution in [0.4, 0.5) is 0 Å². The molecule has 2 aromatic rings. The standard InChI is InChI=1S/C22H26ClN3O3/c1-16-2-6-18(7-3-16)20(26-10-12-29-13-11-26)15-25-22(28)21(27)24-14-17-4-8-19(23)9-5-17/h2-9,20H,10-15H2,1H3,(H,24,27)(H,25,28). The van der Waals surface area contributed by atoms with Gasteiger partial charge in [0.1, 0.15) is 0 Å². The average molecular weight is 416 g/mol. The van der Waals surface area contributed by atoms with Gasteiger partial charge in [0.2, 0.25) is 0 Å². The second-order valence-electron chi connectivity index (χ2n) is 7.09. The van der Waals surface area contributed by atoms with Gasteiger partial charge < -0.3 is 15.4 Å². The molecule has 2 aromatic carbocycles. The number of aryl methyl sites for hydroxylation is 1. The van der Waals surface area contributed by atoms with Gasteiger partial charge in [-0.1, -0.05) is 53.6 Å². The van der Waals surface area contributed by atoms with E-state index in [1.807, 2.05) is 19.1 Å². The molecule has 7 heteroatoms. The summed E-state index contributed by atoms with van der Waals surface area (Å²) in [7, 11) is 0. The SMILES string of the molecule is Cc1ccc(C(CNC(=O)C(=O)NCc2ccc(Cl)cc2)N2CCOCC2)cc1. The molecule has 1 atom stereocenters. The number of amides is 2. The molecule has 0 spiro atoms. The number of carbonyl (C=O) groups excluding carboxylic acids is 2. The van der Waals surface area contributed by atoms with Crippen molar-refractivity contribution in [1.82, 2.24) is 15.5 Å². The van der Waals surface area contributed by atoms with Crippen molar-refractivity contribution in [3.63, 3.8) is 0 Å². The average Bonchev–Trinajstić information content (AvgIpc) is 2.75. The van der Waals surface area contributed by atoms with Crippen LogP contribution in [0.5, 0.6) is 0 Å². The summed E-state index contributed by atoms with van der Waals surface area (Å²) in [4.78, 5) is 26.8. The minimum Gasteiger partial charge on any atom is -0.379 e. The summed E-state index contributed by atoms with van der Waals surface area (Å²) >= 11 is 5.86. The Morgan fingerprint density at radius 1 is 1.00 bits per heavy atom. The lowest BCUT2D eigenvalue weighted by Gasteiger charge is -2.35. The van der Waals surface area contributed by atoms with Crippen molar-refractivity contribution in [3.05, 3.63) is 70.2 Å². The van der Waals surface area contributed by atoms with E-state index in [0.29, 0.717) is 24.8 Å². The molecule has 2 N–H and O–H groups in total. The molecule has 0 radical (unpaired) electrons. The normalized spacial score (nSPS) is 15.5. The van der Waals surface area contributed by atoms with Gasteiger partial charge in [0.15, 0.2) is 0 Å². The van der Waals surface area contributed by atoms with E-state index in [2.05, 4.69) is 39.8 Å². The van der Waals surface area contributed by atoms with E-state index in [1.54, 1.807) is 12.1 Å². The zero-order chi connectivity index (χ0) is 20.6. The van der Waals surface area contributed by atoms with Crippen LogP contribution in [0.25, 0.3) is 0 Å². The number of carbonyl (C=O) groups is 2. The Kier molecular flexibility index (Phi) is 7.63. The molecule has 3 rings (SSSR count). The lowest BCUT2D eigenvalue weighted by Crippen LogP contribution is -2.46. The molecule has 0 saturated carbocycles. The first kappa shape index (κ1) is 21.3. The minimum atomic E-state index is -0.649. The summed E-state index contributed by atoms with van der Waals surface area (Å²) in [6.07, 6.45) is 0. The Labute approximate surface area is 176 Å². The molecule has 1 heterocycles. The van der Waals surface area contributed by atoms with Crippen molar-refractivity contribution >= 4 is 23.4 Å². The van der Waals surface area contributed by atoms with Crippen LogP contribution < -0.4 is 10.6 Å². The van der Waals surface area contributed by atoms with Crippen LogP contribution in [-0.4, -0.2) is 49.6 Å². The number of benzene rings is 2. The number of ether oxygens (including phenoxy) is 1. The highest BCUT2D eigenvalue weighted by Crippen LogP contribution is 2.21. The quantitative estimate of drug-likeness (QED) is 0.711. The molecule has 154 valence electrons. The predicted molar refractivity (Wildman–Crippen MR) is 113 cm³/mol. The number of hydrogen-bond acceptors (Lipinski definition) is 4. The molecule has 0 bridgehead atoms.